The average Bonchev–Trinajstić information content (AvgIpc) is 2.72. The molecule has 27 heavy (non-hydrogen) atoms. The van der Waals surface area contributed by atoms with Gasteiger partial charge in [0.2, 0.25) is 0 Å². The van der Waals surface area contributed by atoms with Crippen molar-refractivity contribution in [2.75, 3.05) is 7.11 Å². The highest BCUT2D eigenvalue weighted by atomic mass is 16.6. The molecule has 0 saturated heterocycles. The van der Waals surface area contributed by atoms with Gasteiger partial charge in [0.15, 0.2) is 0 Å². The predicted octanol–water partition coefficient (Wildman–Crippen LogP) is 5.25. The Morgan fingerprint density at radius 3 is 2.41 bits per heavy atom. The van der Waals surface area contributed by atoms with Crippen molar-refractivity contribution in [3.05, 3.63) is 69.8 Å². The Hall–Kier alpha value is -2.40. The highest BCUT2D eigenvalue weighted by Crippen LogP contribution is 2.31. The minimum atomic E-state index is -0.334. The van der Waals surface area contributed by atoms with Gasteiger partial charge < -0.3 is 10.1 Å². The number of ether oxygens (including phenoxy) is 1. The summed E-state index contributed by atoms with van der Waals surface area (Å²) in [5, 5.41) is 15.0. The molecule has 0 heterocycles. The number of nitrogens with one attached hydrogen (secondary N) is 1. The third-order valence-electron chi connectivity index (χ3n) is 5.65. The molecule has 2 atom stereocenters. The van der Waals surface area contributed by atoms with Crippen molar-refractivity contribution in [2.24, 2.45) is 5.92 Å². The quantitative estimate of drug-likeness (QED) is 0.535. The van der Waals surface area contributed by atoms with Crippen LogP contribution < -0.4 is 10.1 Å². The van der Waals surface area contributed by atoms with E-state index in [1.807, 2.05) is 30.3 Å². The zero-order valence-electron chi connectivity index (χ0n) is 16.1. The number of nitro benzene ring substituents is 1. The first-order chi connectivity index (χ1) is 13.1. The summed E-state index contributed by atoms with van der Waals surface area (Å²) in [4.78, 5) is 10.9. The summed E-state index contributed by atoms with van der Waals surface area (Å²) in [6, 6.07) is 15.1. The molecule has 0 aliphatic heterocycles. The maximum absolute atomic E-state index is 11.2. The first kappa shape index (κ1) is 19.4. The van der Waals surface area contributed by atoms with Crippen LogP contribution in [0.5, 0.6) is 5.75 Å². The Morgan fingerprint density at radius 1 is 1.07 bits per heavy atom. The molecule has 2 aromatic carbocycles. The molecule has 1 fully saturated rings. The van der Waals surface area contributed by atoms with Crippen LogP contribution in [0, 0.1) is 16.0 Å². The van der Waals surface area contributed by atoms with Crippen LogP contribution in [0.4, 0.5) is 5.69 Å². The number of methoxy groups -OCH3 is 1. The van der Waals surface area contributed by atoms with Crippen LogP contribution >= 0.6 is 0 Å². The van der Waals surface area contributed by atoms with E-state index in [1.165, 1.54) is 32.1 Å². The Morgan fingerprint density at radius 2 is 1.78 bits per heavy atom. The molecule has 3 rings (SSSR count). The summed E-state index contributed by atoms with van der Waals surface area (Å²) >= 11 is 0. The smallest absolute Gasteiger partial charge is 0.269 e. The number of nitro groups is 1. The van der Waals surface area contributed by atoms with Gasteiger partial charge in [-0.25, -0.2) is 0 Å². The van der Waals surface area contributed by atoms with Crippen molar-refractivity contribution in [2.45, 2.75) is 51.1 Å². The predicted molar refractivity (Wildman–Crippen MR) is 107 cm³/mol. The Balaban J connectivity index is 1.90. The van der Waals surface area contributed by atoms with Gasteiger partial charge in [0.25, 0.3) is 5.69 Å². The molecule has 0 spiro atoms. The molecular weight excluding hydrogens is 340 g/mol. The SMILES string of the molecule is COc1ccc(C(N[C@H](C)C2CCCCC2)c2cccc([N+](=O)[O-])c2)cc1. The zero-order chi connectivity index (χ0) is 19.2. The van der Waals surface area contributed by atoms with Gasteiger partial charge in [0, 0.05) is 18.2 Å². The molecule has 0 amide bonds. The van der Waals surface area contributed by atoms with Crippen LogP contribution in [-0.4, -0.2) is 18.1 Å². The van der Waals surface area contributed by atoms with E-state index in [4.69, 9.17) is 4.74 Å². The largest absolute Gasteiger partial charge is 0.497 e. The highest BCUT2D eigenvalue weighted by Gasteiger charge is 2.25. The summed E-state index contributed by atoms with van der Waals surface area (Å²) in [5.74, 6) is 1.45. The topological polar surface area (TPSA) is 64.4 Å². The summed E-state index contributed by atoms with van der Waals surface area (Å²) < 4.78 is 5.27. The Kier molecular flexibility index (Phi) is 6.45. The minimum Gasteiger partial charge on any atom is -0.497 e. The molecule has 1 aliphatic rings. The Bertz CT molecular complexity index is 754. The molecule has 0 radical (unpaired) electrons. The molecule has 1 N–H and O–H groups in total. The van der Waals surface area contributed by atoms with Gasteiger partial charge in [-0.2, -0.15) is 0 Å². The fraction of sp³-hybridized carbons (Fsp3) is 0.455. The van der Waals surface area contributed by atoms with Crippen molar-refractivity contribution in [1.82, 2.24) is 5.32 Å². The highest BCUT2D eigenvalue weighted by molar-refractivity contribution is 5.41. The lowest BCUT2D eigenvalue weighted by Gasteiger charge is -2.32. The van der Waals surface area contributed by atoms with Crippen molar-refractivity contribution < 1.29 is 9.66 Å². The lowest BCUT2D eigenvalue weighted by molar-refractivity contribution is -0.384. The summed E-state index contributed by atoms with van der Waals surface area (Å²) in [6.07, 6.45) is 6.41. The molecule has 5 nitrogen and oxygen atoms in total. The second-order valence-corrected chi connectivity index (χ2v) is 7.41. The van der Waals surface area contributed by atoms with Crippen LogP contribution in [0.2, 0.25) is 0 Å². The van der Waals surface area contributed by atoms with Crippen LogP contribution in [0.25, 0.3) is 0 Å². The summed E-state index contributed by atoms with van der Waals surface area (Å²) in [5.41, 5.74) is 2.12. The maximum Gasteiger partial charge on any atom is 0.269 e. The van der Waals surface area contributed by atoms with E-state index in [0.29, 0.717) is 12.0 Å². The number of hydrogen-bond donors (Lipinski definition) is 1. The molecule has 2 aromatic rings. The number of benzene rings is 2. The van der Waals surface area contributed by atoms with Crippen LogP contribution in [-0.2, 0) is 0 Å². The number of hydrogen-bond acceptors (Lipinski definition) is 4. The number of nitrogens with zero attached hydrogens (tertiary/aromatic N) is 1. The molecule has 5 heteroatoms. The van der Waals surface area contributed by atoms with Gasteiger partial charge in [-0.1, -0.05) is 43.5 Å². The lowest BCUT2D eigenvalue weighted by atomic mass is 9.83. The summed E-state index contributed by atoms with van der Waals surface area (Å²) in [6.45, 7) is 2.24. The van der Waals surface area contributed by atoms with Gasteiger partial charge in [-0.05, 0) is 48.9 Å². The maximum atomic E-state index is 11.2. The van der Waals surface area contributed by atoms with Gasteiger partial charge in [0.05, 0.1) is 18.1 Å². The van der Waals surface area contributed by atoms with Crippen molar-refractivity contribution in [1.29, 1.82) is 0 Å². The van der Waals surface area contributed by atoms with Gasteiger partial charge in [-0.15, -0.1) is 0 Å². The van der Waals surface area contributed by atoms with Crippen LogP contribution in [0.15, 0.2) is 48.5 Å². The minimum absolute atomic E-state index is 0.0901. The van der Waals surface area contributed by atoms with E-state index >= 15 is 0 Å². The van der Waals surface area contributed by atoms with E-state index < -0.39 is 0 Å². The van der Waals surface area contributed by atoms with Crippen molar-refractivity contribution >= 4 is 5.69 Å². The second kappa shape index (κ2) is 9.00. The van der Waals surface area contributed by atoms with E-state index in [-0.39, 0.29) is 16.7 Å². The third kappa shape index (κ3) is 4.86. The fourth-order valence-electron chi connectivity index (χ4n) is 4.03. The Labute approximate surface area is 160 Å². The first-order valence-corrected chi connectivity index (χ1v) is 9.73. The first-order valence-electron chi connectivity index (χ1n) is 9.73. The molecule has 144 valence electrons. The average molecular weight is 368 g/mol. The van der Waals surface area contributed by atoms with E-state index in [2.05, 4.69) is 12.2 Å². The van der Waals surface area contributed by atoms with Crippen LogP contribution in [0.3, 0.4) is 0 Å². The zero-order valence-corrected chi connectivity index (χ0v) is 16.1. The normalized spacial score (nSPS) is 17.3. The molecule has 0 aromatic heterocycles. The molecule has 1 saturated carbocycles. The molecule has 1 aliphatic carbocycles. The lowest BCUT2D eigenvalue weighted by Crippen LogP contribution is -2.37. The van der Waals surface area contributed by atoms with E-state index in [0.717, 1.165) is 16.9 Å². The van der Waals surface area contributed by atoms with E-state index in [9.17, 15) is 10.1 Å². The van der Waals surface area contributed by atoms with Crippen molar-refractivity contribution in [3.63, 3.8) is 0 Å². The third-order valence-corrected chi connectivity index (χ3v) is 5.65. The standard InChI is InChI=1S/C22H28N2O3/c1-16(17-7-4-3-5-8-17)23-22(18-11-13-21(27-2)14-12-18)19-9-6-10-20(15-19)24(25)26/h6,9-17,22-23H,3-5,7-8H2,1-2H3/t16-,22?/m1/s1. The van der Waals surface area contributed by atoms with Gasteiger partial charge in [-0.3, -0.25) is 10.1 Å². The molecule has 1 unspecified atom stereocenters. The fourth-order valence-corrected chi connectivity index (χ4v) is 4.03. The number of rotatable bonds is 7. The van der Waals surface area contributed by atoms with Crippen LogP contribution in [0.1, 0.15) is 56.2 Å². The van der Waals surface area contributed by atoms with Crippen molar-refractivity contribution in [3.8, 4) is 5.75 Å². The van der Waals surface area contributed by atoms with Gasteiger partial charge >= 0.3 is 0 Å². The molecule has 0 bridgehead atoms. The monoisotopic (exact) mass is 368 g/mol. The summed E-state index contributed by atoms with van der Waals surface area (Å²) in [7, 11) is 1.65. The van der Waals surface area contributed by atoms with E-state index in [1.54, 1.807) is 25.3 Å². The second-order valence-electron chi connectivity index (χ2n) is 7.41. The molecular formula is C22H28N2O3. The van der Waals surface area contributed by atoms with Gasteiger partial charge in [0.1, 0.15) is 5.75 Å². The number of non-ortho nitro benzene ring substituents is 1.